The lowest BCUT2D eigenvalue weighted by Gasteiger charge is -2.11. The molecule has 0 spiro atoms. The Kier molecular flexibility index (Phi) is 3.72. The zero-order chi connectivity index (χ0) is 15.1. The molecule has 1 aromatic rings. The Morgan fingerprint density at radius 2 is 1.53 bits per heavy atom. The molecule has 19 heavy (non-hydrogen) atoms. The van der Waals surface area contributed by atoms with Gasteiger partial charge < -0.3 is 4.18 Å². The Balaban J connectivity index is 3.13. The number of alkyl halides is 6. The van der Waals surface area contributed by atoms with Crippen LogP contribution in [-0.4, -0.2) is 13.9 Å². The van der Waals surface area contributed by atoms with Gasteiger partial charge in [-0.3, -0.25) is 0 Å². The van der Waals surface area contributed by atoms with Crippen molar-refractivity contribution in [3.8, 4) is 5.75 Å². The van der Waals surface area contributed by atoms with Crippen molar-refractivity contribution in [2.45, 2.75) is 11.7 Å². The molecule has 0 fully saturated rings. The average Bonchev–Trinajstić information content (AvgIpc) is 2.17. The van der Waals surface area contributed by atoms with E-state index in [1.165, 1.54) is 0 Å². The predicted molar refractivity (Wildman–Crippen MR) is 47.0 cm³/mol. The van der Waals surface area contributed by atoms with Crippen molar-refractivity contribution in [1.29, 1.82) is 0 Å². The highest BCUT2D eigenvalue weighted by Crippen LogP contribution is 2.33. The maximum Gasteiger partial charge on any atom is 0.534 e. The summed E-state index contributed by atoms with van der Waals surface area (Å²) in [5, 5.41) is 0. The van der Waals surface area contributed by atoms with Gasteiger partial charge in [0.05, 0.1) is 5.56 Å². The molecule has 0 aliphatic carbocycles. The van der Waals surface area contributed by atoms with Crippen LogP contribution < -0.4 is 4.18 Å². The molecule has 0 bridgehead atoms. The van der Waals surface area contributed by atoms with Crippen LogP contribution in [0.25, 0.3) is 0 Å². The van der Waals surface area contributed by atoms with E-state index < -0.39 is 38.9 Å². The minimum absolute atomic E-state index is 0.140. The van der Waals surface area contributed by atoms with Gasteiger partial charge in [-0.1, -0.05) is 0 Å². The van der Waals surface area contributed by atoms with Crippen LogP contribution >= 0.6 is 0 Å². The Labute approximate surface area is 101 Å². The summed E-state index contributed by atoms with van der Waals surface area (Å²) < 4.78 is 110. The van der Waals surface area contributed by atoms with E-state index in [1.807, 2.05) is 0 Å². The smallest absolute Gasteiger partial charge is 0.373 e. The summed E-state index contributed by atoms with van der Waals surface area (Å²) in [4.78, 5) is 0. The summed E-state index contributed by atoms with van der Waals surface area (Å²) in [5.74, 6) is -3.37. The highest BCUT2D eigenvalue weighted by Gasteiger charge is 2.49. The number of benzene rings is 1. The van der Waals surface area contributed by atoms with Gasteiger partial charge in [0.25, 0.3) is 0 Å². The summed E-state index contributed by atoms with van der Waals surface area (Å²) in [6, 6.07) is 0.146. The van der Waals surface area contributed by atoms with Crippen LogP contribution in [-0.2, 0) is 16.3 Å². The lowest BCUT2D eigenvalue weighted by Crippen LogP contribution is -2.28. The fourth-order valence-electron chi connectivity index (χ4n) is 0.910. The molecule has 0 N–H and O–H groups in total. The van der Waals surface area contributed by atoms with E-state index >= 15 is 0 Å². The van der Waals surface area contributed by atoms with E-state index in [9.17, 15) is 39.2 Å². The van der Waals surface area contributed by atoms with Crippen molar-refractivity contribution in [1.82, 2.24) is 0 Å². The SMILES string of the molecule is O=S(=O)(Oc1ccc(C(F)(F)F)cc1F)C(F)(F)F. The Morgan fingerprint density at radius 1 is 1.00 bits per heavy atom. The first-order valence-corrected chi connectivity index (χ1v) is 5.63. The second kappa shape index (κ2) is 4.54. The fraction of sp³-hybridized carbons (Fsp3) is 0.250. The molecule has 0 unspecified atom stereocenters. The summed E-state index contributed by atoms with van der Waals surface area (Å²) in [6.07, 6.45) is -4.93. The first-order chi connectivity index (χ1) is 8.34. The largest absolute Gasteiger partial charge is 0.534 e. The highest BCUT2D eigenvalue weighted by molar-refractivity contribution is 7.88. The van der Waals surface area contributed by atoms with Gasteiger partial charge in [-0.2, -0.15) is 34.8 Å². The molecule has 0 aliphatic heterocycles. The third-order valence-electron chi connectivity index (χ3n) is 1.74. The first kappa shape index (κ1) is 15.5. The topological polar surface area (TPSA) is 43.4 Å². The average molecular weight is 312 g/mol. The van der Waals surface area contributed by atoms with E-state index in [2.05, 4.69) is 4.18 Å². The van der Waals surface area contributed by atoms with Crippen LogP contribution in [0.5, 0.6) is 5.75 Å². The second-order valence-corrected chi connectivity index (χ2v) is 4.66. The quantitative estimate of drug-likeness (QED) is 0.479. The van der Waals surface area contributed by atoms with Crippen molar-refractivity contribution in [2.75, 3.05) is 0 Å². The van der Waals surface area contributed by atoms with Crippen LogP contribution in [0.3, 0.4) is 0 Å². The van der Waals surface area contributed by atoms with E-state index in [0.717, 1.165) is 0 Å². The van der Waals surface area contributed by atoms with E-state index in [1.54, 1.807) is 0 Å². The summed E-state index contributed by atoms with van der Waals surface area (Å²) in [7, 11) is -6.14. The maximum absolute atomic E-state index is 13.0. The first-order valence-electron chi connectivity index (χ1n) is 4.22. The number of rotatable bonds is 2. The standard InChI is InChI=1S/C8H3F7O3S/c9-5-3-4(7(10,11)12)1-2-6(5)18-19(16,17)8(13,14)15/h1-3H. The molecule has 1 rings (SSSR count). The van der Waals surface area contributed by atoms with Crippen molar-refractivity contribution in [2.24, 2.45) is 0 Å². The van der Waals surface area contributed by atoms with Gasteiger partial charge in [-0.15, -0.1) is 0 Å². The molecule has 3 nitrogen and oxygen atoms in total. The summed E-state index contributed by atoms with van der Waals surface area (Å²) >= 11 is 0. The molecular formula is C8H3F7O3S. The molecule has 0 saturated heterocycles. The van der Waals surface area contributed by atoms with Crippen LogP contribution in [0.2, 0.25) is 0 Å². The van der Waals surface area contributed by atoms with Gasteiger partial charge in [0.2, 0.25) is 0 Å². The van der Waals surface area contributed by atoms with Crippen molar-refractivity contribution < 1.29 is 43.3 Å². The molecule has 0 saturated carbocycles. The molecule has 11 heteroatoms. The van der Waals surface area contributed by atoms with Crippen LogP contribution in [0.4, 0.5) is 30.7 Å². The summed E-state index contributed by atoms with van der Waals surface area (Å²) in [5.41, 5.74) is -7.32. The van der Waals surface area contributed by atoms with Crippen molar-refractivity contribution in [3.05, 3.63) is 29.6 Å². The molecule has 0 heterocycles. The van der Waals surface area contributed by atoms with E-state index in [4.69, 9.17) is 0 Å². The number of hydrogen-bond donors (Lipinski definition) is 0. The maximum atomic E-state index is 13.0. The van der Waals surface area contributed by atoms with E-state index in [0.29, 0.717) is 0 Å². The van der Waals surface area contributed by atoms with Gasteiger partial charge in [-0.25, -0.2) is 4.39 Å². The van der Waals surface area contributed by atoms with Gasteiger partial charge in [0.1, 0.15) is 0 Å². The Hall–Kier alpha value is -1.52. The number of halogens is 7. The molecule has 0 radical (unpaired) electrons. The second-order valence-electron chi connectivity index (χ2n) is 3.13. The number of hydrogen-bond acceptors (Lipinski definition) is 3. The van der Waals surface area contributed by atoms with Crippen molar-refractivity contribution in [3.63, 3.8) is 0 Å². The Bertz CT molecular complexity index is 573. The molecule has 0 aliphatic rings. The molecule has 0 amide bonds. The van der Waals surface area contributed by atoms with Gasteiger partial charge >= 0.3 is 21.8 Å². The Morgan fingerprint density at radius 3 is 1.89 bits per heavy atom. The summed E-state index contributed by atoms with van der Waals surface area (Å²) in [6.45, 7) is 0. The minimum Gasteiger partial charge on any atom is -0.373 e. The monoisotopic (exact) mass is 312 g/mol. The minimum atomic E-state index is -6.14. The van der Waals surface area contributed by atoms with Crippen LogP contribution in [0.15, 0.2) is 18.2 Å². The van der Waals surface area contributed by atoms with Gasteiger partial charge in [0, 0.05) is 0 Å². The highest BCUT2D eigenvalue weighted by atomic mass is 32.2. The molecular weight excluding hydrogens is 309 g/mol. The molecule has 0 atom stereocenters. The fourth-order valence-corrected chi connectivity index (χ4v) is 1.38. The normalized spacial score (nSPS) is 13.4. The predicted octanol–water partition coefficient (Wildman–Crippen LogP) is 3.07. The van der Waals surface area contributed by atoms with Crippen LogP contribution in [0, 0.1) is 5.82 Å². The van der Waals surface area contributed by atoms with E-state index in [-0.39, 0.29) is 18.2 Å². The van der Waals surface area contributed by atoms with Gasteiger partial charge in [0.15, 0.2) is 11.6 Å². The molecule has 1 aromatic carbocycles. The molecule has 0 aromatic heterocycles. The lowest BCUT2D eigenvalue weighted by atomic mass is 10.2. The van der Waals surface area contributed by atoms with Crippen molar-refractivity contribution >= 4 is 10.1 Å². The van der Waals surface area contributed by atoms with Crippen LogP contribution in [0.1, 0.15) is 5.56 Å². The van der Waals surface area contributed by atoms with Gasteiger partial charge in [-0.05, 0) is 18.2 Å². The third-order valence-corrected chi connectivity index (χ3v) is 2.71. The zero-order valence-corrected chi connectivity index (χ0v) is 9.33. The lowest BCUT2D eigenvalue weighted by molar-refractivity contribution is -0.137. The third kappa shape index (κ3) is 3.49. The molecule has 108 valence electrons. The zero-order valence-electron chi connectivity index (χ0n) is 8.51.